The number of nitrogens with two attached hydrogens (primary N) is 1. The highest BCUT2D eigenvalue weighted by atomic mass is 35.5. The van der Waals surface area contributed by atoms with Crippen molar-refractivity contribution in [3.05, 3.63) is 57.1 Å². The highest BCUT2D eigenvalue weighted by Gasteiger charge is 2.31. The molecule has 2 aromatic carbocycles. The summed E-state index contributed by atoms with van der Waals surface area (Å²) in [5, 5.41) is 1.43. The molecule has 0 aromatic heterocycles. The summed E-state index contributed by atoms with van der Waals surface area (Å²) in [5.41, 5.74) is 12.0. The van der Waals surface area contributed by atoms with Crippen molar-refractivity contribution in [2.24, 2.45) is 5.73 Å². The lowest BCUT2D eigenvalue weighted by atomic mass is 9.93. The molecule has 0 saturated carbocycles. The van der Waals surface area contributed by atoms with E-state index in [1.54, 1.807) is 0 Å². The van der Waals surface area contributed by atoms with E-state index in [4.69, 9.17) is 28.9 Å². The number of fused-ring (bicyclic) bond motifs is 3. The Morgan fingerprint density at radius 1 is 1.21 bits per heavy atom. The number of rotatable bonds is 2. The number of benzene rings is 2. The first-order chi connectivity index (χ1) is 9.13. The van der Waals surface area contributed by atoms with Crippen molar-refractivity contribution in [3.8, 4) is 11.1 Å². The van der Waals surface area contributed by atoms with Crippen molar-refractivity contribution >= 4 is 23.2 Å². The largest absolute Gasteiger partial charge is 0.330 e. The molecule has 3 rings (SSSR count). The topological polar surface area (TPSA) is 26.0 Å². The van der Waals surface area contributed by atoms with Crippen LogP contribution < -0.4 is 5.73 Å². The lowest BCUT2D eigenvalue weighted by Gasteiger charge is -2.13. The molecule has 1 unspecified atom stereocenters. The van der Waals surface area contributed by atoms with Gasteiger partial charge in [-0.15, -0.1) is 0 Å². The van der Waals surface area contributed by atoms with Gasteiger partial charge in [0.15, 0.2) is 0 Å². The Bertz CT molecular complexity index is 649. The zero-order valence-electron chi connectivity index (χ0n) is 10.7. The SMILES string of the molecule is Cc1cccc2c1-c1cc(Cl)cc(Cl)c1C2CCN. The van der Waals surface area contributed by atoms with Gasteiger partial charge in [-0.1, -0.05) is 41.4 Å². The van der Waals surface area contributed by atoms with Crippen LogP contribution in [0.25, 0.3) is 11.1 Å². The van der Waals surface area contributed by atoms with E-state index in [2.05, 4.69) is 25.1 Å². The number of hydrogen-bond donors (Lipinski definition) is 1. The molecule has 2 aromatic rings. The Labute approximate surface area is 123 Å². The molecule has 0 saturated heterocycles. The van der Waals surface area contributed by atoms with E-state index < -0.39 is 0 Å². The lowest BCUT2D eigenvalue weighted by Crippen LogP contribution is -2.06. The normalized spacial score (nSPS) is 16.3. The smallest absolute Gasteiger partial charge is 0.0465 e. The first-order valence-corrected chi connectivity index (χ1v) is 7.18. The number of aryl methyl sites for hydroxylation is 1. The van der Waals surface area contributed by atoms with Crippen molar-refractivity contribution in [1.82, 2.24) is 0 Å². The Balaban J connectivity index is 2.33. The fourth-order valence-electron chi connectivity index (χ4n) is 3.12. The summed E-state index contributed by atoms with van der Waals surface area (Å²) < 4.78 is 0. The molecular formula is C16H15Cl2N. The summed E-state index contributed by atoms with van der Waals surface area (Å²) in [6, 6.07) is 10.2. The Morgan fingerprint density at radius 3 is 2.74 bits per heavy atom. The van der Waals surface area contributed by atoms with Crippen LogP contribution in [0.2, 0.25) is 10.0 Å². The van der Waals surface area contributed by atoms with Crippen LogP contribution in [-0.2, 0) is 0 Å². The molecule has 0 radical (unpaired) electrons. The summed E-state index contributed by atoms with van der Waals surface area (Å²) in [7, 11) is 0. The molecule has 1 nitrogen and oxygen atoms in total. The third-order valence-electron chi connectivity index (χ3n) is 3.85. The minimum absolute atomic E-state index is 0.291. The quantitative estimate of drug-likeness (QED) is 0.848. The molecule has 1 aliphatic rings. The molecule has 0 aliphatic heterocycles. The molecule has 0 fully saturated rings. The van der Waals surface area contributed by atoms with Gasteiger partial charge in [0, 0.05) is 16.0 Å². The monoisotopic (exact) mass is 291 g/mol. The van der Waals surface area contributed by atoms with Gasteiger partial charge in [0.2, 0.25) is 0 Å². The van der Waals surface area contributed by atoms with E-state index in [-0.39, 0.29) is 0 Å². The van der Waals surface area contributed by atoms with Gasteiger partial charge in [-0.2, -0.15) is 0 Å². The van der Waals surface area contributed by atoms with Crippen LogP contribution >= 0.6 is 23.2 Å². The highest BCUT2D eigenvalue weighted by Crippen LogP contribution is 2.51. The van der Waals surface area contributed by atoms with Crippen molar-refractivity contribution in [1.29, 1.82) is 0 Å². The minimum Gasteiger partial charge on any atom is -0.330 e. The van der Waals surface area contributed by atoms with Gasteiger partial charge in [0.1, 0.15) is 0 Å². The molecular weight excluding hydrogens is 277 g/mol. The molecule has 0 bridgehead atoms. The van der Waals surface area contributed by atoms with Gasteiger partial charge in [0.25, 0.3) is 0 Å². The van der Waals surface area contributed by atoms with Crippen LogP contribution in [0.15, 0.2) is 30.3 Å². The molecule has 0 heterocycles. The second-order valence-electron chi connectivity index (χ2n) is 5.02. The second-order valence-corrected chi connectivity index (χ2v) is 5.86. The van der Waals surface area contributed by atoms with Crippen molar-refractivity contribution < 1.29 is 0 Å². The van der Waals surface area contributed by atoms with Gasteiger partial charge in [-0.05, 0) is 59.8 Å². The Morgan fingerprint density at radius 2 is 2.00 bits per heavy atom. The zero-order valence-corrected chi connectivity index (χ0v) is 12.2. The lowest BCUT2D eigenvalue weighted by molar-refractivity contribution is 0.741. The standard InChI is InChI=1S/C16H15Cl2N/c1-9-3-2-4-11-12(5-6-19)16-13(15(9)11)7-10(17)8-14(16)18/h2-4,7-8,12H,5-6,19H2,1H3. The molecule has 0 spiro atoms. The maximum atomic E-state index is 6.42. The van der Waals surface area contributed by atoms with E-state index in [1.165, 1.54) is 27.8 Å². The predicted molar refractivity (Wildman–Crippen MR) is 82.1 cm³/mol. The molecule has 1 aliphatic carbocycles. The van der Waals surface area contributed by atoms with Crippen molar-refractivity contribution in [2.45, 2.75) is 19.3 Å². The predicted octanol–water partition coefficient (Wildman–Crippen LogP) is 4.76. The fourth-order valence-corrected chi connectivity index (χ4v) is 3.74. The van der Waals surface area contributed by atoms with Gasteiger partial charge in [0.05, 0.1) is 0 Å². The van der Waals surface area contributed by atoms with Gasteiger partial charge in [-0.25, -0.2) is 0 Å². The zero-order chi connectivity index (χ0) is 13.6. The van der Waals surface area contributed by atoms with Crippen molar-refractivity contribution in [3.63, 3.8) is 0 Å². The van der Waals surface area contributed by atoms with Gasteiger partial charge < -0.3 is 5.73 Å². The van der Waals surface area contributed by atoms with Crippen LogP contribution in [0.3, 0.4) is 0 Å². The number of hydrogen-bond acceptors (Lipinski definition) is 1. The van der Waals surface area contributed by atoms with Crippen LogP contribution in [0, 0.1) is 6.92 Å². The summed E-state index contributed by atoms with van der Waals surface area (Å²) in [6.07, 6.45) is 0.908. The molecule has 19 heavy (non-hydrogen) atoms. The maximum absolute atomic E-state index is 6.42. The average molecular weight is 292 g/mol. The first-order valence-electron chi connectivity index (χ1n) is 6.42. The van der Waals surface area contributed by atoms with E-state index in [1.807, 2.05) is 12.1 Å². The van der Waals surface area contributed by atoms with Gasteiger partial charge >= 0.3 is 0 Å². The average Bonchev–Trinajstić information content (AvgIpc) is 2.66. The fraction of sp³-hybridized carbons (Fsp3) is 0.250. The van der Waals surface area contributed by atoms with E-state index in [0.717, 1.165) is 11.4 Å². The van der Waals surface area contributed by atoms with E-state index >= 15 is 0 Å². The summed E-state index contributed by atoms with van der Waals surface area (Å²) in [4.78, 5) is 0. The highest BCUT2D eigenvalue weighted by molar-refractivity contribution is 6.36. The molecule has 1 atom stereocenters. The van der Waals surface area contributed by atoms with Crippen LogP contribution in [0.4, 0.5) is 0 Å². The summed E-state index contributed by atoms with van der Waals surface area (Å²) in [5.74, 6) is 0.291. The van der Waals surface area contributed by atoms with Gasteiger partial charge in [-0.3, -0.25) is 0 Å². The third kappa shape index (κ3) is 1.97. The minimum atomic E-state index is 0.291. The van der Waals surface area contributed by atoms with E-state index in [9.17, 15) is 0 Å². The van der Waals surface area contributed by atoms with Crippen LogP contribution in [0.5, 0.6) is 0 Å². The number of halogens is 2. The first kappa shape index (κ1) is 13.0. The summed E-state index contributed by atoms with van der Waals surface area (Å²) in [6.45, 7) is 2.78. The van der Waals surface area contributed by atoms with Crippen LogP contribution in [-0.4, -0.2) is 6.54 Å². The van der Waals surface area contributed by atoms with E-state index in [0.29, 0.717) is 17.5 Å². The molecule has 98 valence electrons. The second kappa shape index (κ2) is 4.82. The molecule has 2 N–H and O–H groups in total. The Hall–Kier alpha value is -1.02. The Kier molecular flexibility index (Phi) is 3.30. The van der Waals surface area contributed by atoms with Crippen molar-refractivity contribution in [2.75, 3.05) is 6.54 Å². The summed E-state index contributed by atoms with van der Waals surface area (Å²) >= 11 is 12.6. The maximum Gasteiger partial charge on any atom is 0.0465 e. The molecule has 0 amide bonds. The molecule has 3 heteroatoms. The third-order valence-corrected chi connectivity index (χ3v) is 4.38. The van der Waals surface area contributed by atoms with Crippen LogP contribution in [0.1, 0.15) is 29.0 Å².